The Balaban J connectivity index is 1.36. The van der Waals surface area contributed by atoms with Crippen molar-refractivity contribution in [2.75, 3.05) is 34.4 Å². The van der Waals surface area contributed by atoms with Crippen molar-refractivity contribution in [3.05, 3.63) is 59.5 Å². The first-order valence-electron chi connectivity index (χ1n) is 11.4. The average molecular weight is 548 g/mol. The van der Waals surface area contributed by atoms with Crippen LogP contribution in [0.1, 0.15) is 32.7 Å². The van der Waals surface area contributed by atoms with Crippen molar-refractivity contribution in [2.45, 2.75) is 12.7 Å². The number of hydrogen-bond acceptors (Lipinski definition) is 9. The van der Waals surface area contributed by atoms with E-state index < -0.39 is 36.3 Å². The normalized spacial score (nSPS) is 11.3. The molecule has 39 heavy (non-hydrogen) atoms. The Morgan fingerprint density at radius 2 is 1.59 bits per heavy atom. The molecule has 12 nitrogen and oxygen atoms in total. The van der Waals surface area contributed by atoms with Crippen LogP contribution < -0.4 is 24.8 Å². The number of ether oxygens (including phenoxy) is 3. The molecular weight excluding hydrogens is 525 g/mol. The van der Waals surface area contributed by atoms with Crippen LogP contribution in [-0.4, -0.2) is 65.9 Å². The van der Waals surface area contributed by atoms with Gasteiger partial charge in [0.05, 0.1) is 38.9 Å². The van der Waals surface area contributed by atoms with Crippen LogP contribution in [0.2, 0.25) is 0 Å². The molecule has 0 saturated carbocycles. The van der Waals surface area contributed by atoms with Gasteiger partial charge in [-0.1, -0.05) is 17.3 Å². The molecule has 2 N–H and O–H groups in total. The molecular formula is C24H23F3N6O6. The molecule has 2 aromatic carbocycles. The number of amides is 2. The standard InChI is InChI=1S/C24H23F3N6O6/c1-36-16-10-13(11-17(37-2)19(16)38-3)20(34)28-8-9-29-21(35)22-31-18(32-39-22)12-33-15-7-5-4-6-14(15)30-23(33)24(25,26)27/h4-7,10-11H,8-9,12H2,1-3H3,(H,28,34)(H,29,35). The van der Waals surface area contributed by atoms with Crippen molar-refractivity contribution in [3.63, 3.8) is 0 Å². The van der Waals surface area contributed by atoms with Crippen LogP contribution in [0.3, 0.4) is 0 Å². The van der Waals surface area contributed by atoms with Gasteiger partial charge in [-0.3, -0.25) is 9.59 Å². The number of fused-ring (bicyclic) bond motifs is 1. The largest absolute Gasteiger partial charge is 0.493 e. The summed E-state index contributed by atoms with van der Waals surface area (Å²) in [5.74, 6) is -2.01. The highest BCUT2D eigenvalue weighted by atomic mass is 19.4. The average Bonchev–Trinajstić information content (AvgIpc) is 3.55. The number of rotatable bonds is 10. The minimum absolute atomic E-state index is 0.00289. The molecule has 0 saturated heterocycles. The molecule has 0 unspecified atom stereocenters. The fourth-order valence-corrected chi connectivity index (χ4v) is 3.75. The number of aromatic nitrogens is 4. The molecule has 206 valence electrons. The Hall–Kier alpha value is -4.82. The van der Waals surface area contributed by atoms with Crippen molar-refractivity contribution in [1.82, 2.24) is 30.3 Å². The van der Waals surface area contributed by atoms with E-state index in [0.717, 1.165) is 4.57 Å². The SMILES string of the molecule is COc1cc(C(=O)NCCNC(=O)c2nc(Cn3c(C(F)(F)F)nc4ccccc43)no2)cc(OC)c1OC. The number of methoxy groups -OCH3 is 3. The van der Waals surface area contributed by atoms with Crippen LogP contribution in [-0.2, 0) is 12.7 Å². The molecule has 0 aliphatic heterocycles. The Morgan fingerprint density at radius 1 is 0.949 bits per heavy atom. The summed E-state index contributed by atoms with van der Waals surface area (Å²) in [4.78, 5) is 32.5. The van der Waals surface area contributed by atoms with Gasteiger partial charge in [0.15, 0.2) is 17.3 Å². The highest BCUT2D eigenvalue weighted by Crippen LogP contribution is 2.38. The first kappa shape index (κ1) is 27.2. The van der Waals surface area contributed by atoms with Gasteiger partial charge in [0, 0.05) is 18.7 Å². The van der Waals surface area contributed by atoms with Gasteiger partial charge in [-0.2, -0.15) is 18.2 Å². The number of hydrogen-bond donors (Lipinski definition) is 2. The second-order valence-corrected chi connectivity index (χ2v) is 7.95. The third-order valence-electron chi connectivity index (χ3n) is 5.49. The van der Waals surface area contributed by atoms with Gasteiger partial charge in [0.1, 0.15) is 0 Å². The van der Waals surface area contributed by atoms with Crippen molar-refractivity contribution in [3.8, 4) is 17.2 Å². The van der Waals surface area contributed by atoms with E-state index in [1.54, 1.807) is 12.1 Å². The lowest BCUT2D eigenvalue weighted by atomic mass is 10.1. The topological polar surface area (TPSA) is 143 Å². The highest BCUT2D eigenvalue weighted by molar-refractivity contribution is 5.95. The van der Waals surface area contributed by atoms with E-state index in [0.29, 0.717) is 17.2 Å². The lowest BCUT2D eigenvalue weighted by Gasteiger charge is -2.14. The van der Waals surface area contributed by atoms with Gasteiger partial charge in [-0.15, -0.1) is 0 Å². The number of nitrogens with zero attached hydrogens (tertiary/aromatic N) is 4. The van der Waals surface area contributed by atoms with E-state index in [4.69, 9.17) is 18.7 Å². The number of carbonyl (C=O) groups excluding carboxylic acids is 2. The summed E-state index contributed by atoms with van der Waals surface area (Å²) in [6, 6.07) is 9.04. The third kappa shape index (κ3) is 5.86. The van der Waals surface area contributed by atoms with Crippen molar-refractivity contribution >= 4 is 22.8 Å². The maximum Gasteiger partial charge on any atom is 0.449 e. The molecule has 0 bridgehead atoms. The van der Waals surface area contributed by atoms with Crippen LogP contribution in [0.4, 0.5) is 13.2 Å². The van der Waals surface area contributed by atoms with E-state index in [1.807, 2.05) is 0 Å². The van der Waals surface area contributed by atoms with E-state index >= 15 is 0 Å². The second kappa shape index (κ2) is 11.3. The maximum atomic E-state index is 13.5. The molecule has 0 fully saturated rings. The number of carbonyl (C=O) groups is 2. The number of nitrogens with one attached hydrogen (secondary N) is 2. The smallest absolute Gasteiger partial charge is 0.449 e. The number of para-hydroxylation sites is 2. The van der Waals surface area contributed by atoms with Gasteiger partial charge < -0.3 is 33.9 Å². The van der Waals surface area contributed by atoms with Crippen molar-refractivity contribution < 1.29 is 41.5 Å². The molecule has 0 radical (unpaired) electrons. The van der Waals surface area contributed by atoms with Crippen LogP contribution in [0.5, 0.6) is 17.2 Å². The fourth-order valence-electron chi connectivity index (χ4n) is 3.75. The summed E-state index contributed by atoms with van der Waals surface area (Å²) in [7, 11) is 4.28. The van der Waals surface area contributed by atoms with Crippen molar-refractivity contribution in [1.29, 1.82) is 0 Å². The van der Waals surface area contributed by atoms with Gasteiger partial charge >= 0.3 is 18.0 Å². The molecule has 4 aromatic rings. The minimum atomic E-state index is -4.71. The van der Waals surface area contributed by atoms with Gasteiger partial charge in [0.25, 0.3) is 5.91 Å². The predicted octanol–water partition coefficient (Wildman–Crippen LogP) is 2.67. The zero-order valence-electron chi connectivity index (χ0n) is 21.0. The third-order valence-corrected chi connectivity index (χ3v) is 5.49. The quantitative estimate of drug-likeness (QED) is 0.286. The lowest BCUT2D eigenvalue weighted by molar-refractivity contribution is -0.146. The predicted molar refractivity (Wildman–Crippen MR) is 129 cm³/mol. The van der Waals surface area contributed by atoms with Crippen LogP contribution in [0.15, 0.2) is 40.9 Å². The molecule has 0 spiro atoms. The number of halogens is 3. The highest BCUT2D eigenvalue weighted by Gasteiger charge is 2.38. The van der Waals surface area contributed by atoms with Crippen LogP contribution in [0.25, 0.3) is 11.0 Å². The maximum absolute atomic E-state index is 13.5. The zero-order valence-corrected chi connectivity index (χ0v) is 21.0. The Bertz CT molecular complexity index is 1470. The fraction of sp³-hybridized carbons (Fsp3) is 0.292. The molecule has 4 rings (SSSR count). The van der Waals surface area contributed by atoms with Gasteiger partial charge in [0.2, 0.25) is 11.6 Å². The summed E-state index contributed by atoms with van der Waals surface area (Å²) in [6.07, 6.45) is -4.71. The lowest BCUT2D eigenvalue weighted by Crippen LogP contribution is -2.34. The summed E-state index contributed by atoms with van der Waals surface area (Å²) in [5, 5.41) is 8.74. The summed E-state index contributed by atoms with van der Waals surface area (Å²) in [6.45, 7) is -0.383. The van der Waals surface area contributed by atoms with Crippen LogP contribution in [0, 0.1) is 0 Å². The molecule has 2 heterocycles. The Labute approximate surface area is 219 Å². The zero-order chi connectivity index (χ0) is 28.2. The monoisotopic (exact) mass is 548 g/mol. The molecule has 0 aliphatic rings. The molecule has 0 aliphatic carbocycles. The minimum Gasteiger partial charge on any atom is -0.493 e. The number of alkyl halides is 3. The molecule has 0 atom stereocenters. The number of benzene rings is 2. The Kier molecular flexibility index (Phi) is 7.88. The van der Waals surface area contributed by atoms with Crippen molar-refractivity contribution in [2.24, 2.45) is 0 Å². The number of imidazole rings is 1. The summed E-state index contributed by atoms with van der Waals surface area (Å²) in [5.41, 5.74) is 0.617. The molecule has 15 heteroatoms. The first-order chi connectivity index (χ1) is 18.7. The van der Waals surface area contributed by atoms with E-state index in [-0.39, 0.29) is 35.5 Å². The second-order valence-electron chi connectivity index (χ2n) is 7.95. The first-order valence-corrected chi connectivity index (χ1v) is 11.4. The molecule has 2 aromatic heterocycles. The van der Waals surface area contributed by atoms with E-state index in [9.17, 15) is 22.8 Å². The van der Waals surface area contributed by atoms with Gasteiger partial charge in [-0.25, -0.2) is 4.98 Å². The Morgan fingerprint density at radius 3 is 2.21 bits per heavy atom. The van der Waals surface area contributed by atoms with E-state index in [1.165, 1.54) is 45.6 Å². The molecule has 2 amide bonds. The van der Waals surface area contributed by atoms with Gasteiger partial charge in [-0.05, 0) is 24.3 Å². The van der Waals surface area contributed by atoms with Crippen LogP contribution >= 0.6 is 0 Å². The summed E-state index contributed by atoms with van der Waals surface area (Å²) < 4.78 is 62.0. The summed E-state index contributed by atoms with van der Waals surface area (Å²) >= 11 is 0. The van der Waals surface area contributed by atoms with E-state index in [2.05, 4.69) is 25.8 Å².